The van der Waals surface area contributed by atoms with Gasteiger partial charge in [-0.05, 0) is 31.5 Å². The molecule has 1 heterocycles. The number of anilines is 1. The van der Waals surface area contributed by atoms with Gasteiger partial charge in [-0.25, -0.2) is 0 Å². The number of piperidine rings is 1. The summed E-state index contributed by atoms with van der Waals surface area (Å²) < 4.78 is 0. The largest absolute Gasteiger partial charge is 0.326 e. The second-order valence-corrected chi connectivity index (χ2v) is 5.00. The SMILES string of the molecule is O=CC1CCCN(CCC(=O)Nc2ccccc2)C1. The fourth-order valence-electron chi connectivity index (χ4n) is 2.41. The smallest absolute Gasteiger partial charge is 0.225 e. The number of likely N-dealkylation sites (tertiary alicyclic amines) is 1. The summed E-state index contributed by atoms with van der Waals surface area (Å²) in [7, 11) is 0. The van der Waals surface area contributed by atoms with E-state index in [-0.39, 0.29) is 11.8 Å². The highest BCUT2D eigenvalue weighted by Crippen LogP contribution is 2.14. The standard InChI is InChI=1S/C15H20N2O2/c18-12-13-5-4-9-17(11-13)10-8-15(19)16-14-6-2-1-3-7-14/h1-3,6-7,12-13H,4-5,8-11H2,(H,16,19). The molecule has 1 saturated heterocycles. The molecule has 1 fully saturated rings. The monoisotopic (exact) mass is 260 g/mol. The average molecular weight is 260 g/mol. The maximum absolute atomic E-state index is 11.8. The number of carbonyl (C=O) groups excluding carboxylic acids is 2. The van der Waals surface area contributed by atoms with E-state index >= 15 is 0 Å². The molecule has 102 valence electrons. The molecule has 1 aromatic carbocycles. The van der Waals surface area contributed by atoms with E-state index in [0.29, 0.717) is 6.42 Å². The molecular formula is C15H20N2O2. The minimum Gasteiger partial charge on any atom is -0.326 e. The van der Waals surface area contributed by atoms with Crippen LogP contribution in [0.2, 0.25) is 0 Å². The lowest BCUT2D eigenvalue weighted by molar-refractivity contribution is -0.116. The zero-order chi connectivity index (χ0) is 13.5. The first-order valence-electron chi connectivity index (χ1n) is 6.80. The molecule has 0 aromatic heterocycles. The number of aldehydes is 1. The third-order valence-electron chi connectivity index (χ3n) is 3.45. The van der Waals surface area contributed by atoms with Crippen molar-refractivity contribution >= 4 is 17.9 Å². The molecule has 0 aliphatic carbocycles. The van der Waals surface area contributed by atoms with E-state index < -0.39 is 0 Å². The highest BCUT2D eigenvalue weighted by atomic mass is 16.1. The number of para-hydroxylation sites is 1. The predicted octanol–water partition coefficient (Wildman–Crippen LogP) is 1.93. The van der Waals surface area contributed by atoms with Crippen molar-refractivity contribution in [2.24, 2.45) is 5.92 Å². The molecule has 0 bridgehead atoms. The van der Waals surface area contributed by atoms with Crippen molar-refractivity contribution < 1.29 is 9.59 Å². The number of nitrogens with one attached hydrogen (secondary N) is 1. The van der Waals surface area contributed by atoms with Crippen molar-refractivity contribution in [2.75, 3.05) is 25.0 Å². The van der Waals surface area contributed by atoms with Crippen molar-refractivity contribution in [2.45, 2.75) is 19.3 Å². The molecule has 1 N–H and O–H groups in total. The summed E-state index contributed by atoms with van der Waals surface area (Å²) in [6.45, 7) is 2.51. The van der Waals surface area contributed by atoms with Gasteiger partial charge in [-0.3, -0.25) is 4.79 Å². The Labute approximate surface area is 113 Å². The molecule has 1 aliphatic heterocycles. The maximum Gasteiger partial charge on any atom is 0.225 e. The first-order chi connectivity index (χ1) is 9.28. The molecule has 1 atom stereocenters. The van der Waals surface area contributed by atoms with Gasteiger partial charge in [0.25, 0.3) is 0 Å². The quantitative estimate of drug-likeness (QED) is 0.823. The normalized spacial score (nSPS) is 19.9. The van der Waals surface area contributed by atoms with Crippen LogP contribution in [0.3, 0.4) is 0 Å². The summed E-state index contributed by atoms with van der Waals surface area (Å²) >= 11 is 0. The first-order valence-corrected chi connectivity index (χ1v) is 6.80. The Morgan fingerprint density at radius 3 is 2.89 bits per heavy atom. The highest BCUT2D eigenvalue weighted by molar-refractivity contribution is 5.90. The Bertz CT molecular complexity index is 419. The van der Waals surface area contributed by atoms with Gasteiger partial charge in [0.15, 0.2) is 0 Å². The Hall–Kier alpha value is -1.68. The van der Waals surface area contributed by atoms with E-state index in [9.17, 15) is 9.59 Å². The third kappa shape index (κ3) is 4.48. The molecule has 4 heteroatoms. The summed E-state index contributed by atoms with van der Waals surface area (Å²) in [6.07, 6.45) is 3.54. The van der Waals surface area contributed by atoms with Gasteiger partial charge in [0.05, 0.1) is 0 Å². The molecule has 19 heavy (non-hydrogen) atoms. The Kier molecular flexibility index (Phi) is 5.10. The van der Waals surface area contributed by atoms with Gasteiger partial charge in [-0.1, -0.05) is 18.2 Å². The zero-order valence-corrected chi connectivity index (χ0v) is 11.0. The highest BCUT2D eigenvalue weighted by Gasteiger charge is 2.19. The summed E-state index contributed by atoms with van der Waals surface area (Å²) in [5.74, 6) is 0.172. The van der Waals surface area contributed by atoms with Gasteiger partial charge in [0.2, 0.25) is 5.91 Å². The van der Waals surface area contributed by atoms with Crippen LogP contribution in [0.25, 0.3) is 0 Å². The number of carbonyl (C=O) groups is 2. The second kappa shape index (κ2) is 7.04. The van der Waals surface area contributed by atoms with Crippen LogP contribution in [0.15, 0.2) is 30.3 Å². The maximum atomic E-state index is 11.8. The van der Waals surface area contributed by atoms with Crippen LogP contribution in [0.1, 0.15) is 19.3 Å². The van der Waals surface area contributed by atoms with Crippen LogP contribution < -0.4 is 5.32 Å². The van der Waals surface area contributed by atoms with Crippen LogP contribution in [-0.4, -0.2) is 36.7 Å². The topological polar surface area (TPSA) is 49.4 Å². The number of rotatable bonds is 5. The molecular weight excluding hydrogens is 240 g/mol. The predicted molar refractivity (Wildman–Crippen MR) is 74.9 cm³/mol. The third-order valence-corrected chi connectivity index (χ3v) is 3.45. The molecule has 4 nitrogen and oxygen atoms in total. The van der Waals surface area contributed by atoms with Crippen LogP contribution >= 0.6 is 0 Å². The van der Waals surface area contributed by atoms with E-state index in [2.05, 4.69) is 10.2 Å². The fraction of sp³-hybridized carbons (Fsp3) is 0.467. The zero-order valence-electron chi connectivity index (χ0n) is 11.0. The van der Waals surface area contributed by atoms with Gasteiger partial charge in [-0.15, -0.1) is 0 Å². The summed E-state index contributed by atoms with van der Waals surface area (Å²) in [6, 6.07) is 9.47. The Balaban J connectivity index is 1.73. The Morgan fingerprint density at radius 2 is 2.16 bits per heavy atom. The number of amides is 1. The minimum absolute atomic E-state index is 0.0272. The molecule has 1 aliphatic rings. The second-order valence-electron chi connectivity index (χ2n) is 5.00. The fourth-order valence-corrected chi connectivity index (χ4v) is 2.41. The van der Waals surface area contributed by atoms with E-state index in [1.165, 1.54) is 0 Å². The number of hydrogen-bond acceptors (Lipinski definition) is 3. The Morgan fingerprint density at radius 1 is 1.37 bits per heavy atom. The van der Waals surface area contributed by atoms with Gasteiger partial charge in [0, 0.05) is 31.1 Å². The molecule has 1 aromatic rings. The van der Waals surface area contributed by atoms with E-state index in [0.717, 1.165) is 44.4 Å². The van der Waals surface area contributed by atoms with Crippen LogP contribution in [0, 0.1) is 5.92 Å². The van der Waals surface area contributed by atoms with Crippen LogP contribution in [-0.2, 0) is 9.59 Å². The molecule has 0 radical (unpaired) electrons. The van der Waals surface area contributed by atoms with Crippen LogP contribution in [0.5, 0.6) is 0 Å². The van der Waals surface area contributed by atoms with Crippen molar-refractivity contribution in [1.29, 1.82) is 0 Å². The molecule has 1 unspecified atom stereocenters. The van der Waals surface area contributed by atoms with Crippen molar-refractivity contribution in [3.63, 3.8) is 0 Å². The van der Waals surface area contributed by atoms with Crippen molar-refractivity contribution in [1.82, 2.24) is 4.90 Å². The van der Waals surface area contributed by atoms with Crippen molar-refractivity contribution in [3.8, 4) is 0 Å². The molecule has 0 spiro atoms. The molecule has 0 saturated carbocycles. The van der Waals surface area contributed by atoms with Gasteiger partial charge in [0.1, 0.15) is 6.29 Å². The van der Waals surface area contributed by atoms with E-state index in [1.807, 2.05) is 30.3 Å². The number of hydrogen-bond donors (Lipinski definition) is 1. The number of nitrogens with zero attached hydrogens (tertiary/aromatic N) is 1. The van der Waals surface area contributed by atoms with Gasteiger partial charge >= 0.3 is 0 Å². The summed E-state index contributed by atoms with van der Waals surface area (Å²) in [5, 5.41) is 2.87. The lowest BCUT2D eigenvalue weighted by Crippen LogP contribution is -2.37. The lowest BCUT2D eigenvalue weighted by atomic mass is 10.00. The van der Waals surface area contributed by atoms with Gasteiger partial charge in [-0.2, -0.15) is 0 Å². The minimum atomic E-state index is 0.0272. The van der Waals surface area contributed by atoms with Crippen molar-refractivity contribution in [3.05, 3.63) is 30.3 Å². The van der Waals surface area contributed by atoms with Crippen LogP contribution in [0.4, 0.5) is 5.69 Å². The van der Waals surface area contributed by atoms with Gasteiger partial charge < -0.3 is 15.0 Å². The first kappa shape index (κ1) is 13.7. The lowest BCUT2D eigenvalue weighted by Gasteiger charge is -2.29. The molecule has 1 amide bonds. The molecule has 2 rings (SSSR count). The number of benzene rings is 1. The summed E-state index contributed by atoms with van der Waals surface area (Å²) in [4.78, 5) is 24.8. The summed E-state index contributed by atoms with van der Waals surface area (Å²) in [5.41, 5.74) is 0.830. The van der Waals surface area contributed by atoms with E-state index in [1.54, 1.807) is 0 Å². The average Bonchev–Trinajstić information content (AvgIpc) is 2.46. The van der Waals surface area contributed by atoms with E-state index in [4.69, 9.17) is 0 Å².